The van der Waals surface area contributed by atoms with Gasteiger partial charge in [0.2, 0.25) is 0 Å². The Morgan fingerprint density at radius 2 is 1.96 bits per heavy atom. The summed E-state index contributed by atoms with van der Waals surface area (Å²) in [6.07, 6.45) is 15.2. The van der Waals surface area contributed by atoms with E-state index >= 15 is 0 Å². The molecule has 0 aromatic carbocycles. The lowest BCUT2D eigenvalue weighted by Crippen LogP contribution is -2.50. The lowest BCUT2D eigenvalue weighted by Gasteiger charge is -2.58. The molecule has 0 radical (unpaired) electrons. The Balaban J connectivity index is 1.56. The molecule has 148 valence electrons. The Kier molecular flexibility index (Phi) is 5.06. The van der Waals surface area contributed by atoms with Crippen LogP contribution in [0.3, 0.4) is 0 Å². The Morgan fingerprint density at radius 1 is 1.15 bits per heavy atom. The fourth-order valence-electron chi connectivity index (χ4n) is 8.26. The lowest BCUT2D eigenvalue weighted by atomic mass is 9.47. The summed E-state index contributed by atoms with van der Waals surface area (Å²) >= 11 is 0. The smallest absolute Gasteiger partial charge is 0.0577 e. The summed E-state index contributed by atoms with van der Waals surface area (Å²) in [5.41, 5.74) is 8.34. The topological polar surface area (TPSA) is 46.2 Å². The molecule has 26 heavy (non-hydrogen) atoms. The number of hydrogen-bond donors (Lipinski definition) is 2. The van der Waals surface area contributed by atoms with E-state index in [1.54, 1.807) is 5.57 Å². The molecule has 3 saturated carbocycles. The minimum Gasteiger partial charge on any atom is -0.393 e. The third-order valence-corrected chi connectivity index (χ3v) is 9.70. The monoisotopic (exact) mass is 359 g/mol. The maximum absolute atomic E-state index is 10.2. The normalized spacial score (nSPS) is 49.0. The molecule has 0 aliphatic heterocycles. The Hall–Kier alpha value is -0.340. The number of hydrogen-bond acceptors (Lipinski definition) is 2. The van der Waals surface area contributed by atoms with Crippen LogP contribution in [0.25, 0.3) is 0 Å². The minimum atomic E-state index is -0.0843. The highest BCUT2D eigenvalue weighted by molar-refractivity contribution is 5.25. The highest BCUT2D eigenvalue weighted by atomic mass is 16.3. The van der Waals surface area contributed by atoms with Crippen LogP contribution in [0, 0.1) is 40.4 Å². The van der Waals surface area contributed by atoms with Crippen molar-refractivity contribution >= 4 is 0 Å². The van der Waals surface area contributed by atoms with Crippen molar-refractivity contribution in [3.05, 3.63) is 11.6 Å². The van der Waals surface area contributed by atoms with Crippen molar-refractivity contribution in [1.29, 1.82) is 0 Å². The van der Waals surface area contributed by atoms with E-state index in [9.17, 15) is 5.11 Å². The minimum absolute atomic E-state index is 0.0843. The Morgan fingerprint density at radius 3 is 2.73 bits per heavy atom. The van der Waals surface area contributed by atoms with Crippen molar-refractivity contribution in [1.82, 2.24) is 0 Å². The van der Waals surface area contributed by atoms with Gasteiger partial charge in [-0.15, -0.1) is 0 Å². The van der Waals surface area contributed by atoms with Crippen molar-refractivity contribution < 1.29 is 5.11 Å². The zero-order valence-electron chi connectivity index (χ0n) is 17.3. The summed E-state index contributed by atoms with van der Waals surface area (Å²) in [5.74, 6) is 4.43. The van der Waals surface area contributed by atoms with Gasteiger partial charge in [-0.25, -0.2) is 0 Å². The summed E-state index contributed by atoms with van der Waals surface area (Å²) < 4.78 is 0. The first kappa shape index (κ1) is 19.0. The first-order chi connectivity index (χ1) is 12.4. The van der Waals surface area contributed by atoms with Gasteiger partial charge in [-0.3, -0.25) is 0 Å². The second-order valence-corrected chi connectivity index (χ2v) is 10.8. The fraction of sp³-hybridized carbons (Fsp3) is 0.917. The molecule has 8 atom stereocenters. The van der Waals surface area contributed by atoms with Crippen molar-refractivity contribution in [2.75, 3.05) is 6.54 Å². The predicted octanol–water partition coefficient (Wildman–Crippen LogP) is 5.30. The van der Waals surface area contributed by atoms with Crippen LogP contribution in [-0.4, -0.2) is 17.8 Å². The van der Waals surface area contributed by atoms with E-state index in [1.807, 2.05) is 0 Å². The molecule has 4 aliphatic carbocycles. The second-order valence-electron chi connectivity index (χ2n) is 10.8. The highest BCUT2D eigenvalue weighted by Gasteiger charge is 2.58. The summed E-state index contributed by atoms with van der Waals surface area (Å²) in [4.78, 5) is 0. The molecule has 2 nitrogen and oxygen atoms in total. The van der Waals surface area contributed by atoms with Gasteiger partial charge >= 0.3 is 0 Å². The van der Waals surface area contributed by atoms with Crippen molar-refractivity contribution in [3.8, 4) is 0 Å². The zero-order chi connectivity index (χ0) is 18.5. The van der Waals surface area contributed by atoms with E-state index in [1.165, 1.54) is 51.4 Å². The van der Waals surface area contributed by atoms with E-state index in [-0.39, 0.29) is 6.10 Å². The van der Waals surface area contributed by atoms with E-state index in [4.69, 9.17) is 5.73 Å². The molecule has 4 rings (SSSR count). The number of aliphatic hydroxyl groups excluding tert-OH is 1. The maximum atomic E-state index is 10.2. The van der Waals surface area contributed by atoms with Crippen molar-refractivity contribution in [2.24, 2.45) is 46.2 Å². The molecule has 0 amide bonds. The second kappa shape index (κ2) is 6.92. The zero-order valence-corrected chi connectivity index (χ0v) is 17.3. The molecule has 0 bridgehead atoms. The van der Waals surface area contributed by atoms with E-state index in [0.717, 1.165) is 49.0 Å². The third kappa shape index (κ3) is 2.82. The lowest BCUT2D eigenvalue weighted by molar-refractivity contribution is -0.0572. The number of aliphatic hydroxyl groups is 1. The first-order valence-electron chi connectivity index (χ1n) is 11.5. The molecule has 0 aromatic rings. The number of nitrogens with two attached hydrogens (primary N) is 1. The maximum Gasteiger partial charge on any atom is 0.0577 e. The molecule has 0 spiro atoms. The third-order valence-electron chi connectivity index (χ3n) is 9.70. The molecule has 3 N–H and O–H groups in total. The Bertz CT molecular complexity index is 556. The SMILES string of the molecule is C[C@H](CCCN)[C@H]1CC[C@H]2[C@@H]3CC=C4C[C@H](O)CC[C@]4(C)[C@H]3CC[C@]12C. The predicted molar refractivity (Wildman–Crippen MR) is 109 cm³/mol. The van der Waals surface area contributed by atoms with Crippen LogP contribution in [0.4, 0.5) is 0 Å². The standard InChI is InChI=1S/C24H41NO/c1-16(5-4-14-25)20-8-9-21-19-7-6-17-15-18(26)10-12-23(17,2)22(19)11-13-24(20,21)3/h6,16,18-22,26H,4-5,7-15,25H2,1-3H3/t16-,18-,19+,20-,21+,22+,23+,24-/m1/s1. The van der Waals surface area contributed by atoms with Crippen LogP contribution in [0.15, 0.2) is 11.6 Å². The van der Waals surface area contributed by atoms with Gasteiger partial charge in [0.05, 0.1) is 6.10 Å². The average Bonchev–Trinajstić information content (AvgIpc) is 2.97. The van der Waals surface area contributed by atoms with E-state index < -0.39 is 0 Å². The fourth-order valence-corrected chi connectivity index (χ4v) is 8.26. The van der Waals surface area contributed by atoms with Crippen LogP contribution >= 0.6 is 0 Å². The Labute approximate surface area is 161 Å². The molecular weight excluding hydrogens is 318 g/mol. The van der Waals surface area contributed by atoms with E-state index in [2.05, 4.69) is 26.8 Å². The highest BCUT2D eigenvalue weighted by Crippen LogP contribution is 2.67. The molecular formula is C24H41NO. The summed E-state index contributed by atoms with van der Waals surface area (Å²) in [6, 6.07) is 0. The van der Waals surface area contributed by atoms with Crippen LogP contribution in [-0.2, 0) is 0 Å². The molecule has 2 heteroatoms. The van der Waals surface area contributed by atoms with Gasteiger partial charge in [-0.1, -0.05) is 32.4 Å². The van der Waals surface area contributed by atoms with Crippen LogP contribution < -0.4 is 5.73 Å². The van der Waals surface area contributed by atoms with Crippen LogP contribution in [0.1, 0.15) is 85.0 Å². The van der Waals surface area contributed by atoms with Crippen molar-refractivity contribution in [3.63, 3.8) is 0 Å². The first-order valence-corrected chi connectivity index (χ1v) is 11.5. The van der Waals surface area contributed by atoms with Gasteiger partial charge in [0.25, 0.3) is 0 Å². The molecule has 3 fully saturated rings. The molecule has 0 aromatic heterocycles. The molecule has 0 heterocycles. The average molecular weight is 360 g/mol. The van der Waals surface area contributed by atoms with Crippen molar-refractivity contribution in [2.45, 2.75) is 91.1 Å². The number of fused-ring (bicyclic) bond motifs is 5. The van der Waals surface area contributed by atoms with Crippen LogP contribution in [0.5, 0.6) is 0 Å². The molecule has 0 unspecified atom stereocenters. The summed E-state index contributed by atoms with van der Waals surface area (Å²) in [5, 5.41) is 10.2. The summed E-state index contributed by atoms with van der Waals surface area (Å²) in [7, 11) is 0. The number of allylic oxidation sites excluding steroid dienone is 1. The van der Waals surface area contributed by atoms with Gasteiger partial charge < -0.3 is 10.8 Å². The van der Waals surface area contributed by atoms with Crippen LogP contribution in [0.2, 0.25) is 0 Å². The van der Waals surface area contributed by atoms with Gasteiger partial charge in [0.1, 0.15) is 0 Å². The quantitative estimate of drug-likeness (QED) is 0.669. The molecule has 0 saturated heterocycles. The van der Waals surface area contributed by atoms with Gasteiger partial charge in [-0.2, -0.15) is 0 Å². The molecule has 4 aliphatic rings. The van der Waals surface area contributed by atoms with Gasteiger partial charge in [0, 0.05) is 0 Å². The van der Waals surface area contributed by atoms with E-state index in [0.29, 0.717) is 10.8 Å². The number of rotatable bonds is 4. The van der Waals surface area contributed by atoms with Gasteiger partial charge in [0.15, 0.2) is 0 Å². The van der Waals surface area contributed by atoms with Gasteiger partial charge in [-0.05, 0) is 111 Å². The summed E-state index contributed by atoms with van der Waals surface area (Å²) in [6.45, 7) is 8.54. The largest absolute Gasteiger partial charge is 0.393 e.